The van der Waals surface area contributed by atoms with Crippen LogP contribution in [-0.2, 0) is 38.0 Å². The molecule has 1 aliphatic carbocycles. The standard InChI is InChI=1S/C33H34Cl2N4O5S/c1-38-13-15-39(16-14-38)31(41)12-10-21-29(36-28-7-2-3-8-30(40)32(21)28)18-23-22-17-20(9-11-27(22)37-33(23)42)45(43,44)19-24-25(34)5-4-6-26(24)35/h4-6,9,11,17-18,36H,2-3,7-8,10,12-16,19H2,1H3,(H,37,42)/b23-18-. The van der Waals surface area contributed by atoms with Crippen molar-refractivity contribution in [2.45, 2.75) is 49.2 Å². The molecule has 45 heavy (non-hydrogen) atoms. The van der Waals surface area contributed by atoms with Crippen LogP contribution in [-0.4, -0.2) is 74.0 Å². The first kappa shape index (κ1) is 31.5. The van der Waals surface area contributed by atoms with Crippen molar-refractivity contribution in [2.75, 3.05) is 38.5 Å². The summed E-state index contributed by atoms with van der Waals surface area (Å²) in [5.74, 6) is -0.713. The highest BCUT2D eigenvalue weighted by Gasteiger charge is 2.30. The molecule has 0 atom stereocenters. The van der Waals surface area contributed by atoms with Gasteiger partial charge in [0.2, 0.25) is 5.91 Å². The van der Waals surface area contributed by atoms with E-state index in [-0.39, 0.29) is 44.5 Å². The lowest BCUT2D eigenvalue weighted by Gasteiger charge is -2.32. The van der Waals surface area contributed by atoms with Gasteiger partial charge in [-0.1, -0.05) is 29.3 Å². The molecule has 2 N–H and O–H groups in total. The van der Waals surface area contributed by atoms with Gasteiger partial charge in [0, 0.05) is 82.8 Å². The molecule has 2 aliphatic heterocycles. The van der Waals surface area contributed by atoms with Gasteiger partial charge in [-0.2, -0.15) is 0 Å². The molecule has 0 bridgehead atoms. The van der Waals surface area contributed by atoms with Crippen LogP contribution in [0.4, 0.5) is 5.69 Å². The smallest absolute Gasteiger partial charge is 0.256 e. The number of rotatable bonds is 7. The SMILES string of the molecule is CN1CCN(C(=O)CCc2c(/C=C3\C(=O)Nc4ccc(S(=O)(=O)Cc5c(Cl)cccc5Cl)cc43)[nH]c3c2C(=O)CCCC3)CC1. The molecule has 0 saturated carbocycles. The van der Waals surface area contributed by atoms with E-state index in [9.17, 15) is 22.8 Å². The molecule has 1 aromatic heterocycles. The predicted octanol–water partition coefficient (Wildman–Crippen LogP) is 5.40. The number of H-pyrrole nitrogens is 1. The summed E-state index contributed by atoms with van der Waals surface area (Å²) < 4.78 is 27.0. The number of carbonyl (C=O) groups excluding carboxylic acids is 3. The number of hydrogen-bond acceptors (Lipinski definition) is 6. The number of Topliss-reactive ketones (excluding diaryl/α,β-unsaturated/α-hetero) is 1. The Morgan fingerprint density at radius 1 is 0.978 bits per heavy atom. The van der Waals surface area contributed by atoms with E-state index in [1.807, 2.05) is 11.9 Å². The fourth-order valence-corrected chi connectivity index (χ4v) is 8.39. The number of likely N-dealkylation sites (N-methyl/N-ethyl adjacent to an activating group) is 1. The first-order chi connectivity index (χ1) is 21.5. The molecule has 3 heterocycles. The zero-order valence-electron chi connectivity index (χ0n) is 24.9. The molecule has 0 spiro atoms. The summed E-state index contributed by atoms with van der Waals surface area (Å²) >= 11 is 12.5. The highest BCUT2D eigenvalue weighted by atomic mass is 35.5. The van der Waals surface area contributed by atoms with Crippen LogP contribution in [0.1, 0.15) is 64.1 Å². The quantitative estimate of drug-likeness (QED) is 0.257. The van der Waals surface area contributed by atoms with Crippen LogP contribution >= 0.6 is 23.2 Å². The predicted molar refractivity (Wildman–Crippen MR) is 175 cm³/mol. The molecule has 0 unspecified atom stereocenters. The summed E-state index contributed by atoms with van der Waals surface area (Å²) in [6.45, 7) is 2.97. The van der Waals surface area contributed by atoms with Crippen LogP contribution in [0.15, 0.2) is 41.3 Å². The van der Waals surface area contributed by atoms with Gasteiger partial charge in [-0.25, -0.2) is 8.42 Å². The Kier molecular flexibility index (Phi) is 8.94. The maximum Gasteiger partial charge on any atom is 0.256 e. The summed E-state index contributed by atoms with van der Waals surface area (Å²) in [7, 11) is -1.85. The number of anilines is 1. The minimum atomic E-state index is -3.88. The lowest BCUT2D eigenvalue weighted by molar-refractivity contribution is -0.132. The van der Waals surface area contributed by atoms with Crippen molar-refractivity contribution < 1.29 is 22.8 Å². The number of carbonyl (C=O) groups is 3. The Hall–Kier alpha value is -3.44. The summed E-state index contributed by atoms with van der Waals surface area (Å²) in [5, 5.41) is 3.33. The Morgan fingerprint density at radius 3 is 2.42 bits per heavy atom. The number of halogens is 2. The van der Waals surface area contributed by atoms with Gasteiger partial charge >= 0.3 is 0 Å². The van der Waals surface area contributed by atoms with E-state index in [1.165, 1.54) is 12.1 Å². The van der Waals surface area contributed by atoms with Crippen LogP contribution < -0.4 is 5.32 Å². The average molecular weight is 670 g/mol. The van der Waals surface area contributed by atoms with Crippen molar-refractivity contribution in [3.8, 4) is 0 Å². The highest BCUT2D eigenvalue weighted by Crippen LogP contribution is 2.38. The fraction of sp³-hybridized carbons (Fsp3) is 0.364. The van der Waals surface area contributed by atoms with E-state index >= 15 is 0 Å². The van der Waals surface area contributed by atoms with E-state index in [2.05, 4.69) is 15.2 Å². The van der Waals surface area contributed by atoms with Gasteiger partial charge < -0.3 is 20.1 Å². The average Bonchev–Trinajstić information content (AvgIpc) is 3.45. The number of nitrogens with one attached hydrogen (secondary N) is 2. The molecular weight excluding hydrogens is 635 g/mol. The molecule has 2 aromatic carbocycles. The lowest BCUT2D eigenvalue weighted by atomic mass is 9.97. The first-order valence-corrected chi connectivity index (χ1v) is 17.5. The third-order valence-electron chi connectivity index (χ3n) is 8.84. The molecule has 9 nitrogen and oxygen atoms in total. The van der Waals surface area contributed by atoms with Crippen LogP contribution in [0, 0.1) is 0 Å². The lowest BCUT2D eigenvalue weighted by Crippen LogP contribution is -2.47. The molecule has 3 aromatic rings. The molecule has 1 saturated heterocycles. The van der Waals surface area contributed by atoms with Crippen molar-refractivity contribution >= 4 is 68.0 Å². The second-order valence-corrected chi connectivity index (χ2v) is 14.7. The van der Waals surface area contributed by atoms with Crippen LogP contribution in [0.2, 0.25) is 10.0 Å². The summed E-state index contributed by atoms with van der Waals surface area (Å²) in [6, 6.07) is 9.32. The van der Waals surface area contributed by atoms with E-state index in [0.717, 1.165) is 37.2 Å². The molecule has 0 radical (unpaired) electrons. The van der Waals surface area contributed by atoms with Gasteiger partial charge in [-0.05, 0) is 74.7 Å². The number of piperazine rings is 1. The molecular formula is C33H34Cl2N4O5S. The zero-order valence-corrected chi connectivity index (χ0v) is 27.2. The molecule has 3 aliphatic rings. The number of hydrogen-bond donors (Lipinski definition) is 2. The van der Waals surface area contributed by atoms with Crippen LogP contribution in [0.3, 0.4) is 0 Å². The van der Waals surface area contributed by atoms with Crippen molar-refractivity contribution in [1.29, 1.82) is 0 Å². The second kappa shape index (κ2) is 12.7. The van der Waals surface area contributed by atoms with E-state index in [1.54, 1.807) is 30.3 Å². The number of aryl methyl sites for hydroxylation is 1. The number of fused-ring (bicyclic) bond motifs is 2. The van der Waals surface area contributed by atoms with Crippen molar-refractivity contribution in [3.63, 3.8) is 0 Å². The second-order valence-electron chi connectivity index (χ2n) is 11.9. The third-order valence-corrected chi connectivity index (χ3v) is 11.2. The summed E-state index contributed by atoms with van der Waals surface area (Å²) in [6.07, 6.45) is 5.05. The van der Waals surface area contributed by atoms with Gasteiger partial charge in [0.05, 0.1) is 16.2 Å². The molecule has 1 fully saturated rings. The maximum absolute atomic E-state index is 13.5. The van der Waals surface area contributed by atoms with Gasteiger partial charge in [-0.3, -0.25) is 14.4 Å². The Bertz CT molecular complexity index is 1820. The summed E-state index contributed by atoms with van der Waals surface area (Å²) in [4.78, 5) is 47.1. The van der Waals surface area contributed by atoms with E-state index in [0.29, 0.717) is 60.4 Å². The summed E-state index contributed by atoms with van der Waals surface area (Å²) in [5.41, 5.74) is 4.25. The number of aromatic nitrogens is 1. The third kappa shape index (κ3) is 6.47. The molecule has 2 amide bonds. The monoisotopic (exact) mass is 668 g/mol. The topological polar surface area (TPSA) is 120 Å². The van der Waals surface area contributed by atoms with Crippen molar-refractivity contribution in [2.24, 2.45) is 0 Å². The maximum atomic E-state index is 13.5. The number of amides is 2. The number of sulfone groups is 1. The normalized spacial score (nSPS) is 18.1. The number of ketones is 1. The van der Waals surface area contributed by atoms with Crippen LogP contribution in [0.25, 0.3) is 11.6 Å². The fourth-order valence-electron chi connectivity index (χ4n) is 6.27. The molecule has 6 rings (SSSR count). The van der Waals surface area contributed by atoms with E-state index in [4.69, 9.17) is 23.2 Å². The van der Waals surface area contributed by atoms with Gasteiger partial charge in [0.1, 0.15) is 0 Å². The Labute approximate surface area is 272 Å². The molecule has 12 heteroatoms. The van der Waals surface area contributed by atoms with E-state index < -0.39 is 15.6 Å². The molecule has 236 valence electrons. The number of aromatic amines is 1. The Morgan fingerprint density at radius 2 is 1.69 bits per heavy atom. The number of nitrogens with zero attached hydrogens (tertiary/aromatic N) is 2. The largest absolute Gasteiger partial charge is 0.358 e. The minimum absolute atomic E-state index is 0.0232. The van der Waals surface area contributed by atoms with Crippen LogP contribution in [0.5, 0.6) is 0 Å². The Balaban J connectivity index is 1.35. The van der Waals surface area contributed by atoms with Crippen molar-refractivity contribution in [3.05, 3.63) is 80.1 Å². The zero-order chi connectivity index (χ0) is 31.9. The van der Waals surface area contributed by atoms with Gasteiger partial charge in [0.25, 0.3) is 5.91 Å². The van der Waals surface area contributed by atoms with Gasteiger partial charge in [0.15, 0.2) is 15.6 Å². The highest BCUT2D eigenvalue weighted by molar-refractivity contribution is 7.90. The first-order valence-electron chi connectivity index (χ1n) is 15.1. The van der Waals surface area contributed by atoms with Gasteiger partial charge in [-0.15, -0.1) is 0 Å². The minimum Gasteiger partial charge on any atom is -0.358 e. The number of benzene rings is 2. The van der Waals surface area contributed by atoms with Crippen molar-refractivity contribution in [1.82, 2.24) is 14.8 Å².